The Morgan fingerprint density at radius 3 is 2.88 bits per heavy atom. The van der Waals surface area contributed by atoms with Crippen molar-refractivity contribution in [2.75, 3.05) is 36.6 Å². The summed E-state index contributed by atoms with van der Waals surface area (Å²) in [6, 6.07) is 7.70. The van der Waals surface area contributed by atoms with Crippen molar-refractivity contribution in [3.63, 3.8) is 0 Å². The van der Waals surface area contributed by atoms with Gasteiger partial charge in [-0.1, -0.05) is 11.8 Å². The molecule has 0 saturated carbocycles. The molecule has 4 aromatic rings. The Bertz CT molecular complexity index is 1400. The lowest BCUT2D eigenvalue weighted by Gasteiger charge is -2.11. The highest BCUT2D eigenvalue weighted by Gasteiger charge is 2.22. The van der Waals surface area contributed by atoms with E-state index in [2.05, 4.69) is 25.9 Å². The molecular weight excluding hydrogens is 460 g/mol. The molecule has 9 nitrogen and oxygen atoms in total. The Balaban J connectivity index is 1.57. The Labute approximate surface area is 197 Å². The molecule has 3 aromatic heterocycles. The van der Waals surface area contributed by atoms with E-state index < -0.39 is 5.97 Å². The number of benzene rings is 1. The SMILES string of the molecule is CCOC(=O)c1cnc(SC)nc1Nc1ccc2c(ccc3sc4c(c32)NCCNC4=O)n1. The van der Waals surface area contributed by atoms with E-state index in [-0.39, 0.29) is 18.1 Å². The van der Waals surface area contributed by atoms with Gasteiger partial charge < -0.3 is 20.7 Å². The van der Waals surface area contributed by atoms with Gasteiger partial charge in [-0.25, -0.2) is 19.7 Å². The maximum atomic E-state index is 12.4. The number of amides is 1. The Morgan fingerprint density at radius 2 is 2.06 bits per heavy atom. The fourth-order valence-electron chi connectivity index (χ4n) is 3.68. The standard InChI is InChI=1S/C22H20N6O3S2/c1-3-31-21(30)12-10-25-22(32-2)28-19(12)27-15-7-4-11-13(26-15)5-6-14-16(11)17-18(33-14)20(29)24-9-8-23-17/h4-7,10,23H,3,8-9H2,1-2H3,(H,24,29)(H,25,26,27,28). The molecule has 5 rings (SSSR count). The number of nitrogens with zero attached hydrogens (tertiary/aromatic N) is 3. The van der Waals surface area contributed by atoms with Crippen molar-refractivity contribution in [2.24, 2.45) is 0 Å². The van der Waals surface area contributed by atoms with Gasteiger partial charge in [-0.15, -0.1) is 11.3 Å². The van der Waals surface area contributed by atoms with Gasteiger partial charge in [0.1, 0.15) is 16.3 Å². The van der Waals surface area contributed by atoms with Crippen molar-refractivity contribution < 1.29 is 14.3 Å². The van der Waals surface area contributed by atoms with Gasteiger partial charge in [0.2, 0.25) is 0 Å². The monoisotopic (exact) mass is 480 g/mol. The summed E-state index contributed by atoms with van der Waals surface area (Å²) < 4.78 is 6.15. The summed E-state index contributed by atoms with van der Waals surface area (Å²) in [4.78, 5) is 38.8. The molecule has 1 aliphatic rings. The van der Waals surface area contributed by atoms with E-state index in [1.807, 2.05) is 30.5 Å². The summed E-state index contributed by atoms with van der Waals surface area (Å²) >= 11 is 2.84. The fraction of sp³-hybridized carbons (Fsp3) is 0.227. The van der Waals surface area contributed by atoms with E-state index in [1.54, 1.807) is 6.92 Å². The number of rotatable bonds is 5. The maximum absolute atomic E-state index is 12.4. The number of esters is 1. The number of anilines is 3. The molecular formula is C22H20N6O3S2. The van der Waals surface area contributed by atoms with Crippen LogP contribution in [0.4, 0.5) is 17.3 Å². The number of hydrogen-bond donors (Lipinski definition) is 3. The Hall–Kier alpha value is -3.44. The van der Waals surface area contributed by atoms with Crippen molar-refractivity contribution >= 4 is 73.3 Å². The highest BCUT2D eigenvalue weighted by molar-refractivity contribution is 7.98. The average molecular weight is 481 g/mol. The molecule has 3 N–H and O–H groups in total. The third-order valence-electron chi connectivity index (χ3n) is 5.13. The van der Waals surface area contributed by atoms with E-state index in [0.29, 0.717) is 34.8 Å². The summed E-state index contributed by atoms with van der Waals surface area (Å²) in [6.07, 6.45) is 3.32. The normalized spacial score (nSPS) is 13.2. The summed E-state index contributed by atoms with van der Waals surface area (Å²) in [7, 11) is 0. The van der Waals surface area contributed by atoms with E-state index in [1.165, 1.54) is 29.3 Å². The zero-order valence-electron chi connectivity index (χ0n) is 17.9. The predicted octanol–water partition coefficient (Wildman–Crippen LogP) is 4.04. The molecule has 0 unspecified atom stereocenters. The molecule has 33 heavy (non-hydrogen) atoms. The predicted molar refractivity (Wildman–Crippen MR) is 131 cm³/mol. The first-order valence-corrected chi connectivity index (χ1v) is 12.4. The summed E-state index contributed by atoms with van der Waals surface area (Å²) in [5.41, 5.74) is 1.85. The lowest BCUT2D eigenvalue weighted by molar-refractivity contribution is 0.0526. The second-order valence-electron chi connectivity index (χ2n) is 7.16. The highest BCUT2D eigenvalue weighted by Crippen LogP contribution is 2.40. The molecule has 0 spiro atoms. The van der Waals surface area contributed by atoms with Gasteiger partial charge in [0.15, 0.2) is 11.0 Å². The average Bonchev–Trinajstić information content (AvgIpc) is 3.11. The smallest absolute Gasteiger partial charge is 0.343 e. The van der Waals surface area contributed by atoms with Gasteiger partial charge >= 0.3 is 5.97 Å². The van der Waals surface area contributed by atoms with Crippen molar-refractivity contribution in [2.45, 2.75) is 12.1 Å². The molecule has 0 radical (unpaired) electrons. The number of pyridine rings is 1. The number of carbonyl (C=O) groups excluding carboxylic acids is 2. The summed E-state index contributed by atoms with van der Waals surface area (Å²) in [6.45, 7) is 3.25. The topological polar surface area (TPSA) is 118 Å². The van der Waals surface area contributed by atoms with Crippen molar-refractivity contribution in [1.29, 1.82) is 0 Å². The van der Waals surface area contributed by atoms with Crippen LogP contribution >= 0.6 is 23.1 Å². The summed E-state index contributed by atoms with van der Waals surface area (Å²) in [5, 5.41) is 11.9. The minimum Gasteiger partial charge on any atom is -0.462 e. The van der Waals surface area contributed by atoms with Crippen LogP contribution in [0.15, 0.2) is 35.6 Å². The molecule has 1 aromatic carbocycles. The summed E-state index contributed by atoms with van der Waals surface area (Å²) in [5.74, 6) is 0.310. The molecule has 4 heterocycles. The van der Waals surface area contributed by atoms with E-state index >= 15 is 0 Å². The third kappa shape index (κ3) is 3.93. The number of fused-ring (bicyclic) bond motifs is 5. The van der Waals surface area contributed by atoms with Gasteiger partial charge in [0.25, 0.3) is 5.91 Å². The van der Waals surface area contributed by atoms with E-state index in [9.17, 15) is 9.59 Å². The minimum absolute atomic E-state index is 0.0598. The highest BCUT2D eigenvalue weighted by atomic mass is 32.2. The zero-order valence-corrected chi connectivity index (χ0v) is 19.5. The van der Waals surface area contributed by atoms with Crippen LogP contribution in [0.25, 0.3) is 21.0 Å². The largest absolute Gasteiger partial charge is 0.462 e. The van der Waals surface area contributed by atoms with Crippen LogP contribution in [0, 0.1) is 0 Å². The number of thiophene rings is 1. The fourth-order valence-corrected chi connectivity index (χ4v) is 5.13. The van der Waals surface area contributed by atoms with Crippen LogP contribution in [0.5, 0.6) is 0 Å². The molecule has 168 valence electrons. The molecule has 11 heteroatoms. The van der Waals surface area contributed by atoms with Crippen LogP contribution in [0.1, 0.15) is 27.0 Å². The van der Waals surface area contributed by atoms with Crippen LogP contribution in [-0.4, -0.2) is 52.8 Å². The number of thioether (sulfide) groups is 1. The van der Waals surface area contributed by atoms with Crippen LogP contribution in [0.3, 0.4) is 0 Å². The molecule has 1 aliphatic heterocycles. The third-order valence-corrected chi connectivity index (χ3v) is 6.85. The van der Waals surface area contributed by atoms with Crippen LogP contribution in [0.2, 0.25) is 0 Å². The molecule has 0 bridgehead atoms. The van der Waals surface area contributed by atoms with Gasteiger partial charge in [-0.2, -0.15) is 0 Å². The zero-order chi connectivity index (χ0) is 22.9. The first-order valence-electron chi connectivity index (χ1n) is 10.3. The Kier molecular flexibility index (Phi) is 5.73. The van der Waals surface area contributed by atoms with E-state index in [4.69, 9.17) is 9.72 Å². The second kappa shape index (κ2) is 8.83. The number of hydrogen-bond acceptors (Lipinski definition) is 10. The van der Waals surface area contributed by atoms with Crippen LogP contribution < -0.4 is 16.0 Å². The van der Waals surface area contributed by atoms with Gasteiger partial charge in [-0.05, 0) is 37.4 Å². The lowest BCUT2D eigenvalue weighted by atomic mass is 10.1. The Morgan fingerprint density at radius 1 is 1.21 bits per heavy atom. The molecule has 1 amide bonds. The molecule has 0 fully saturated rings. The van der Waals surface area contributed by atoms with Crippen molar-refractivity contribution in [1.82, 2.24) is 20.3 Å². The molecule has 0 saturated heterocycles. The van der Waals surface area contributed by atoms with Crippen molar-refractivity contribution in [3.05, 3.63) is 40.9 Å². The van der Waals surface area contributed by atoms with Crippen LogP contribution in [-0.2, 0) is 4.74 Å². The number of carbonyl (C=O) groups is 2. The quantitative estimate of drug-likeness (QED) is 0.221. The van der Waals surface area contributed by atoms with Gasteiger partial charge in [-0.3, -0.25) is 4.79 Å². The second-order valence-corrected chi connectivity index (χ2v) is 8.98. The first kappa shape index (κ1) is 21.4. The molecule has 0 aliphatic carbocycles. The minimum atomic E-state index is -0.500. The first-order chi connectivity index (χ1) is 16.1. The maximum Gasteiger partial charge on any atom is 0.343 e. The lowest BCUT2D eigenvalue weighted by Crippen LogP contribution is -2.24. The van der Waals surface area contributed by atoms with Gasteiger partial charge in [0.05, 0.1) is 17.8 Å². The van der Waals surface area contributed by atoms with Gasteiger partial charge in [0, 0.05) is 34.8 Å². The molecule has 0 atom stereocenters. The van der Waals surface area contributed by atoms with E-state index in [0.717, 1.165) is 26.7 Å². The number of nitrogens with one attached hydrogen (secondary N) is 3. The number of ether oxygens (including phenoxy) is 1. The van der Waals surface area contributed by atoms with Crippen molar-refractivity contribution in [3.8, 4) is 0 Å². The number of aromatic nitrogens is 3.